The van der Waals surface area contributed by atoms with Crippen molar-refractivity contribution in [2.24, 2.45) is 10.6 Å². The van der Waals surface area contributed by atoms with E-state index in [1.165, 1.54) is 36.0 Å². The molecule has 1 aromatic heterocycles. The Labute approximate surface area is 162 Å². The van der Waals surface area contributed by atoms with Gasteiger partial charge in [0, 0.05) is 18.5 Å². The number of nitrogens with one attached hydrogen (secondary N) is 1. The first-order chi connectivity index (χ1) is 12.8. The molecule has 4 N–H and O–H groups in total. The number of β-lactam (4-membered cyclic amide) rings is 1. The summed E-state index contributed by atoms with van der Waals surface area (Å²) >= 11 is 2.35. The van der Waals surface area contributed by atoms with Gasteiger partial charge in [0.15, 0.2) is 10.8 Å². The molecule has 0 bridgehead atoms. The fourth-order valence-corrected chi connectivity index (χ4v) is 5.03. The van der Waals surface area contributed by atoms with Crippen molar-refractivity contribution in [1.82, 2.24) is 15.2 Å². The molecule has 0 aliphatic carbocycles. The van der Waals surface area contributed by atoms with Crippen molar-refractivity contribution in [3.63, 3.8) is 0 Å². The van der Waals surface area contributed by atoms with E-state index < -0.39 is 23.3 Å². The third kappa shape index (κ3) is 3.25. The van der Waals surface area contributed by atoms with Gasteiger partial charge < -0.3 is 25.9 Å². The number of fused-ring (bicyclic) bond motifs is 1. The van der Waals surface area contributed by atoms with E-state index in [2.05, 4.69) is 22.0 Å². The number of thiazole rings is 1. The van der Waals surface area contributed by atoms with Crippen LogP contribution in [0.25, 0.3) is 0 Å². The lowest BCUT2D eigenvalue weighted by molar-refractivity contribution is -0.155. The van der Waals surface area contributed by atoms with Gasteiger partial charge in [-0.25, -0.2) is 4.98 Å². The van der Waals surface area contributed by atoms with Crippen LogP contribution in [0.5, 0.6) is 0 Å². The predicted octanol–water partition coefficient (Wildman–Crippen LogP) is -0.267. The van der Waals surface area contributed by atoms with Crippen molar-refractivity contribution in [2.45, 2.75) is 11.4 Å². The molecule has 2 fully saturated rings. The summed E-state index contributed by atoms with van der Waals surface area (Å²) in [5.41, 5.74) is 4.36. The molecule has 144 valence electrons. The number of carboxylic acids is 1. The molecule has 12 heteroatoms. The minimum absolute atomic E-state index is 0.0269. The van der Waals surface area contributed by atoms with Crippen molar-refractivity contribution >= 4 is 51.7 Å². The zero-order valence-electron chi connectivity index (χ0n) is 14.2. The Morgan fingerprint density at radius 2 is 2.37 bits per heavy atom. The average Bonchev–Trinajstić information content (AvgIpc) is 3.08. The number of carboxylic acid groups (broad SMARTS) is 1. The summed E-state index contributed by atoms with van der Waals surface area (Å²) in [5.74, 6) is -1.72. The quantitative estimate of drug-likeness (QED) is 0.251. The predicted molar refractivity (Wildman–Crippen MR) is 100 cm³/mol. The largest absolute Gasteiger partial charge is 0.481 e. The number of carbonyl (C=O) groups excluding carboxylic acids is 2. The number of carbonyl (C=O) groups is 3. The van der Waals surface area contributed by atoms with Gasteiger partial charge >= 0.3 is 5.97 Å². The maximum Gasteiger partial charge on any atom is 0.316 e. The average molecular weight is 411 g/mol. The minimum atomic E-state index is -1.19. The Morgan fingerprint density at radius 3 is 2.93 bits per heavy atom. The number of aromatic nitrogens is 1. The lowest BCUT2D eigenvalue weighted by atomic mass is 9.87. The summed E-state index contributed by atoms with van der Waals surface area (Å²) < 4.78 is 0. The van der Waals surface area contributed by atoms with Crippen LogP contribution in [0.2, 0.25) is 0 Å². The molecule has 3 heterocycles. The molecule has 2 amide bonds. The first kappa shape index (κ1) is 19.2. The van der Waals surface area contributed by atoms with Crippen LogP contribution in [-0.4, -0.2) is 69.3 Å². The number of thioether (sulfide) groups is 1. The highest BCUT2D eigenvalue weighted by molar-refractivity contribution is 8.00. The van der Waals surface area contributed by atoms with Gasteiger partial charge in [0.05, 0.1) is 4.88 Å². The molecule has 0 radical (unpaired) electrons. The Kier molecular flexibility index (Phi) is 5.11. The van der Waals surface area contributed by atoms with Crippen molar-refractivity contribution in [3.05, 3.63) is 23.7 Å². The molecule has 2 aliphatic heterocycles. The van der Waals surface area contributed by atoms with Crippen LogP contribution in [0.3, 0.4) is 0 Å². The summed E-state index contributed by atoms with van der Waals surface area (Å²) in [6.07, 6.45) is 2.75. The van der Waals surface area contributed by atoms with E-state index in [0.717, 1.165) is 11.3 Å². The second kappa shape index (κ2) is 7.19. The number of hydrogen-bond acceptors (Lipinski definition) is 9. The van der Waals surface area contributed by atoms with Gasteiger partial charge in [0.25, 0.3) is 5.91 Å². The van der Waals surface area contributed by atoms with Crippen LogP contribution in [0, 0.1) is 5.41 Å². The normalized spacial score (nSPS) is 27.4. The highest BCUT2D eigenvalue weighted by Gasteiger charge is 2.56. The molecule has 10 nitrogen and oxygen atoms in total. The van der Waals surface area contributed by atoms with Crippen LogP contribution >= 0.6 is 23.1 Å². The summed E-state index contributed by atoms with van der Waals surface area (Å²) in [7, 11) is 1.30. The topological polar surface area (TPSA) is 147 Å². The van der Waals surface area contributed by atoms with Crippen LogP contribution in [0.4, 0.5) is 5.13 Å². The van der Waals surface area contributed by atoms with Crippen LogP contribution in [-0.2, 0) is 19.2 Å². The van der Waals surface area contributed by atoms with Gasteiger partial charge in [-0.15, -0.1) is 18.3 Å². The standard InChI is InChI=1S/C15H17N5O5S2/c1-3-15(13(23)24)5-20-11(22)9(12(20)26-6-15)18-10(21)8(19-25-2)7-4-17-14(16)27-7/h3-4,9,12H,1,5-6H2,2H3,(H2,16,17)(H,18,21)(H,23,24)/t9?,12-,15?/m1/s1. The van der Waals surface area contributed by atoms with Crippen LogP contribution < -0.4 is 11.1 Å². The lowest BCUT2D eigenvalue weighted by Gasteiger charge is -2.53. The molecule has 27 heavy (non-hydrogen) atoms. The summed E-state index contributed by atoms with van der Waals surface area (Å²) in [4.78, 5) is 47.0. The summed E-state index contributed by atoms with van der Waals surface area (Å²) in [5, 5.41) is 15.7. The highest BCUT2D eigenvalue weighted by atomic mass is 32.2. The molecule has 2 aliphatic rings. The third-order valence-electron chi connectivity index (χ3n) is 4.36. The first-order valence-corrected chi connectivity index (χ1v) is 9.62. The van der Waals surface area contributed by atoms with E-state index >= 15 is 0 Å². The molecule has 2 saturated heterocycles. The molecular weight excluding hydrogens is 394 g/mol. The fraction of sp³-hybridized carbons (Fsp3) is 0.400. The van der Waals surface area contributed by atoms with Gasteiger partial charge in [0.1, 0.15) is 23.9 Å². The number of rotatable bonds is 6. The number of amides is 2. The first-order valence-electron chi connectivity index (χ1n) is 7.75. The molecular formula is C15H17N5O5S2. The lowest BCUT2D eigenvalue weighted by Crippen LogP contribution is -2.73. The monoisotopic (exact) mass is 411 g/mol. The zero-order chi connectivity index (χ0) is 19.8. The zero-order valence-corrected chi connectivity index (χ0v) is 15.9. The van der Waals surface area contributed by atoms with E-state index in [1.807, 2.05) is 0 Å². The Morgan fingerprint density at radius 1 is 1.63 bits per heavy atom. The highest BCUT2D eigenvalue weighted by Crippen LogP contribution is 2.42. The van der Waals surface area contributed by atoms with E-state index in [0.29, 0.717) is 4.88 Å². The summed E-state index contributed by atoms with van der Waals surface area (Å²) in [6, 6.07) is -0.772. The number of nitrogens with two attached hydrogens (primary N) is 1. The number of oxime groups is 1. The third-order valence-corrected chi connectivity index (χ3v) is 6.75. The van der Waals surface area contributed by atoms with Crippen molar-refractivity contribution in [3.8, 4) is 0 Å². The fourth-order valence-electron chi connectivity index (χ4n) is 2.83. The molecule has 3 atom stereocenters. The second-order valence-corrected chi connectivity index (χ2v) is 8.14. The Bertz CT molecular complexity index is 840. The molecule has 2 unspecified atom stereocenters. The molecule has 3 rings (SSSR count). The van der Waals surface area contributed by atoms with Gasteiger partial charge in [-0.2, -0.15) is 0 Å². The number of anilines is 1. The maximum absolute atomic E-state index is 12.6. The molecule has 1 aromatic rings. The Hall–Kier alpha value is -2.60. The molecule has 0 spiro atoms. The molecule has 0 aromatic carbocycles. The Balaban J connectivity index is 1.72. The molecule has 0 saturated carbocycles. The van der Waals surface area contributed by atoms with Crippen molar-refractivity contribution in [2.75, 3.05) is 25.1 Å². The smallest absolute Gasteiger partial charge is 0.316 e. The van der Waals surface area contributed by atoms with Crippen LogP contribution in [0.1, 0.15) is 4.88 Å². The summed E-state index contributed by atoms with van der Waals surface area (Å²) in [6.45, 7) is 3.61. The van der Waals surface area contributed by atoms with Gasteiger partial charge in [-0.1, -0.05) is 22.6 Å². The van der Waals surface area contributed by atoms with Crippen molar-refractivity contribution in [1.29, 1.82) is 0 Å². The SMILES string of the molecule is C=CC1(C(=O)O)CS[C@@H]2C(NC(=O)C(=NOC)c3cnc(N)s3)C(=O)N2C1. The minimum Gasteiger partial charge on any atom is -0.481 e. The van der Waals surface area contributed by atoms with Crippen LogP contribution in [0.15, 0.2) is 24.0 Å². The van der Waals surface area contributed by atoms with Gasteiger partial charge in [0.2, 0.25) is 5.91 Å². The number of nitrogens with zero attached hydrogens (tertiary/aromatic N) is 3. The van der Waals surface area contributed by atoms with E-state index in [9.17, 15) is 19.5 Å². The van der Waals surface area contributed by atoms with Gasteiger partial charge in [-0.05, 0) is 0 Å². The van der Waals surface area contributed by atoms with E-state index in [-0.39, 0.29) is 34.4 Å². The number of hydrogen-bond donors (Lipinski definition) is 3. The number of aliphatic carboxylic acids is 1. The maximum atomic E-state index is 12.6. The van der Waals surface area contributed by atoms with E-state index in [4.69, 9.17) is 10.6 Å². The van der Waals surface area contributed by atoms with Gasteiger partial charge in [-0.3, -0.25) is 14.4 Å². The van der Waals surface area contributed by atoms with E-state index in [1.54, 1.807) is 0 Å². The number of nitrogen functional groups attached to an aromatic ring is 1. The van der Waals surface area contributed by atoms with Crippen molar-refractivity contribution < 1.29 is 24.3 Å². The second-order valence-electron chi connectivity index (χ2n) is 5.97.